The first-order valence-electron chi connectivity index (χ1n) is 6.92. The van der Waals surface area contributed by atoms with Gasteiger partial charge >= 0.3 is 0 Å². The highest BCUT2D eigenvalue weighted by Gasteiger charge is 2.29. The normalized spacial score (nSPS) is 17.8. The Labute approximate surface area is 124 Å². The third-order valence-corrected chi connectivity index (χ3v) is 4.53. The number of anilines is 1. The largest absolute Gasteiger partial charge is 0.392 e. The average Bonchev–Trinajstić information content (AvgIpc) is 2.37. The van der Waals surface area contributed by atoms with Crippen LogP contribution in [0.2, 0.25) is 0 Å². The van der Waals surface area contributed by atoms with Gasteiger partial charge in [0.25, 0.3) is 0 Å². The molecular weight excluding hydrogens is 304 g/mol. The highest BCUT2D eigenvalue weighted by Crippen LogP contribution is 2.36. The molecule has 1 aromatic rings. The molecule has 3 nitrogen and oxygen atoms in total. The molecule has 0 radical (unpaired) electrons. The fraction of sp³-hybridized carbons (Fsp3) is 0.667. The van der Waals surface area contributed by atoms with E-state index < -0.39 is 0 Å². The van der Waals surface area contributed by atoms with Gasteiger partial charge < -0.3 is 10.0 Å². The number of nitrogens with zero attached hydrogens (tertiary/aromatic N) is 2. The molecule has 0 amide bonds. The number of pyridine rings is 1. The summed E-state index contributed by atoms with van der Waals surface area (Å²) in [5, 5.41) is 9.47. The molecule has 19 heavy (non-hydrogen) atoms. The van der Waals surface area contributed by atoms with Crippen molar-refractivity contribution in [2.45, 2.75) is 40.2 Å². The van der Waals surface area contributed by atoms with E-state index in [1.165, 1.54) is 12.8 Å². The summed E-state index contributed by atoms with van der Waals surface area (Å²) in [6.07, 6.45) is 4.21. The summed E-state index contributed by atoms with van der Waals surface area (Å²) in [4.78, 5) is 6.78. The van der Waals surface area contributed by atoms with E-state index in [1.54, 1.807) is 0 Å². The van der Waals surface area contributed by atoms with Crippen LogP contribution >= 0.6 is 15.9 Å². The molecule has 0 aliphatic carbocycles. The van der Waals surface area contributed by atoms with E-state index in [0.29, 0.717) is 5.41 Å². The highest BCUT2D eigenvalue weighted by atomic mass is 79.9. The van der Waals surface area contributed by atoms with Crippen LogP contribution in [0.5, 0.6) is 0 Å². The Morgan fingerprint density at radius 1 is 1.37 bits per heavy atom. The molecule has 1 aromatic heterocycles. The zero-order chi connectivity index (χ0) is 14.0. The molecule has 1 aliphatic rings. The van der Waals surface area contributed by atoms with Gasteiger partial charge in [0.1, 0.15) is 5.82 Å². The number of hydrogen-bond donors (Lipinski definition) is 1. The maximum Gasteiger partial charge on any atom is 0.134 e. The van der Waals surface area contributed by atoms with Crippen LogP contribution in [0.3, 0.4) is 0 Å². The van der Waals surface area contributed by atoms with E-state index in [4.69, 9.17) is 0 Å². The maximum absolute atomic E-state index is 9.47. The summed E-state index contributed by atoms with van der Waals surface area (Å²) in [6, 6.07) is 1.96. The van der Waals surface area contributed by atoms with Gasteiger partial charge in [-0.25, -0.2) is 4.98 Å². The van der Waals surface area contributed by atoms with Crippen molar-refractivity contribution in [2.24, 2.45) is 11.3 Å². The molecule has 2 heterocycles. The lowest BCUT2D eigenvalue weighted by atomic mass is 9.75. The molecule has 1 fully saturated rings. The maximum atomic E-state index is 9.47. The molecule has 0 saturated carbocycles. The van der Waals surface area contributed by atoms with Crippen LogP contribution in [-0.2, 0) is 6.61 Å². The number of rotatable bonds is 2. The second-order valence-corrected chi connectivity index (χ2v) is 7.34. The van der Waals surface area contributed by atoms with Crippen molar-refractivity contribution in [1.82, 2.24) is 4.98 Å². The fourth-order valence-corrected chi connectivity index (χ4v) is 3.21. The van der Waals surface area contributed by atoms with Gasteiger partial charge in [-0.2, -0.15) is 0 Å². The molecule has 0 atom stereocenters. The minimum atomic E-state index is 0.0426. The highest BCUT2D eigenvalue weighted by molar-refractivity contribution is 9.10. The van der Waals surface area contributed by atoms with Crippen LogP contribution in [0.15, 0.2) is 16.7 Å². The third kappa shape index (κ3) is 3.48. The molecule has 1 aliphatic heterocycles. The third-order valence-electron chi connectivity index (χ3n) is 4.10. The van der Waals surface area contributed by atoms with Gasteiger partial charge in [-0.05, 0) is 46.2 Å². The van der Waals surface area contributed by atoms with Crippen LogP contribution in [0.4, 0.5) is 5.82 Å². The summed E-state index contributed by atoms with van der Waals surface area (Å²) in [7, 11) is 0. The quantitative estimate of drug-likeness (QED) is 0.902. The average molecular weight is 327 g/mol. The van der Waals surface area contributed by atoms with Gasteiger partial charge in [-0.15, -0.1) is 0 Å². The van der Waals surface area contributed by atoms with E-state index in [9.17, 15) is 5.11 Å². The Balaban J connectivity index is 2.10. The lowest BCUT2D eigenvalue weighted by Crippen LogP contribution is -2.38. The minimum Gasteiger partial charge on any atom is -0.392 e. The summed E-state index contributed by atoms with van der Waals surface area (Å²) in [5.41, 5.74) is 1.29. The summed E-state index contributed by atoms with van der Waals surface area (Å²) in [6.45, 7) is 9.08. The number of halogens is 1. The van der Waals surface area contributed by atoms with Crippen molar-refractivity contribution in [2.75, 3.05) is 18.0 Å². The first-order valence-corrected chi connectivity index (χ1v) is 7.71. The lowest BCUT2D eigenvalue weighted by Gasteiger charge is -2.39. The Hall–Kier alpha value is -0.610. The molecule has 0 spiro atoms. The molecule has 1 saturated heterocycles. The van der Waals surface area contributed by atoms with Gasteiger partial charge in [-0.3, -0.25) is 0 Å². The van der Waals surface area contributed by atoms with Gasteiger partial charge in [0.05, 0.1) is 6.61 Å². The van der Waals surface area contributed by atoms with Crippen molar-refractivity contribution in [3.8, 4) is 0 Å². The monoisotopic (exact) mass is 326 g/mol. The van der Waals surface area contributed by atoms with E-state index in [2.05, 4.69) is 46.6 Å². The summed E-state index contributed by atoms with van der Waals surface area (Å²) < 4.78 is 0.921. The Kier molecular flexibility index (Phi) is 4.51. The fourth-order valence-electron chi connectivity index (χ4n) is 2.83. The standard InChI is InChI=1S/C15H23BrN2O/c1-15(2,3)12-4-6-18(7-5-12)14-11(10-19)8-13(16)9-17-14/h8-9,12,19H,4-7,10H2,1-3H3. The first-order chi connectivity index (χ1) is 8.91. The van der Waals surface area contributed by atoms with Gasteiger partial charge in [0, 0.05) is 29.3 Å². The summed E-state index contributed by atoms with van der Waals surface area (Å²) >= 11 is 3.40. The molecular formula is C15H23BrN2O. The molecule has 0 bridgehead atoms. The topological polar surface area (TPSA) is 36.4 Å². The second-order valence-electron chi connectivity index (χ2n) is 6.42. The molecule has 1 N–H and O–H groups in total. The zero-order valence-corrected chi connectivity index (χ0v) is 13.6. The van der Waals surface area contributed by atoms with Crippen molar-refractivity contribution in [3.05, 3.63) is 22.3 Å². The molecule has 4 heteroatoms. The van der Waals surface area contributed by atoms with E-state index >= 15 is 0 Å². The summed E-state index contributed by atoms with van der Waals surface area (Å²) in [5.74, 6) is 1.72. The van der Waals surface area contributed by atoms with Crippen molar-refractivity contribution in [3.63, 3.8) is 0 Å². The first kappa shape index (κ1) is 14.8. The van der Waals surface area contributed by atoms with Crippen molar-refractivity contribution in [1.29, 1.82) is 0 Å². The number of aliphatic hydroxyl groups excluding tert-OH is 1. The second kappa shape index (κ2) is 5.80. The minimum absolute atomic E-state index is 0.0426. The molecule has 2 rings (SSSR count). The van der Waals surface area contributed by atoms with Crippen LogP contribution < -0.4 is 4.90 Å². The van der Waals surface area contributed by atoms with Crippen molar-refractivity contribution >= 4 is 21.7 Å². The number of aliphatic hydroxyl groups is 1. The number of aromatic nitrogens is 1. The van der Waals surface area contributed by atoms with Crippen LogP contribution in [0.1, 0.15) is 39.2 Å². The van der Waals surface area contributed by atoms with Gasteiger partial charge in [-0.1, -0.05) is 20.8 Å². The number of piperidine rings is 1. The predicted molar refractivity (Wildman–Crippen MR) is 82.3 cm³/mol. The SMILES string of the molecule is CC(C)(C)C1CCN(c2ncc(Br)cc2CO)CC1. The number of hydrogen-bond acceptors (Lipinski definition) is 3. The van der Waals surface area contributed by atoms with E-state index in [1.807, 2.05) is 12.3 Å². The van der Waals surface area contributed by atoms with Gasteiger partial charge in [0.15, 0.2) is 0 Å². The van der Waals surface area contributed by atoms with E-state index in [-0.39, 0.29) is 6.61 Å². The zero-order valence-electron chi connectivity index (χ0n) is 12.0. The van der Waals surface area contributed by atoms with Crippen molar-refractivity contribution < 1.29 is 5.11 Å². The molecule has 0 unspecified atom stereocenters. The van der Waals surface area contributed by atoms with Crippen LogP contribution in [0, 0.1) is 11.3 Å². The Bertz CT molecular complexity index is 434. The predicted octanol–water partition coefficient (Wildman–Crippen LogP) is 3.60. The van der Waals surface area contributed by atoms with Gasteiger partial charge in [0.2, 0.25) is 0 Å². The van der Waals surface area contributed by atoms with Crippen LogP contribution in [-0.4, -0.2) is 23.2 Å². The smallest absolute Gasteiger partial charge is 0.134 e. The Morgan fingerprint density at radius 3 is 2.53 bits per heavy atom. The van der Waals surface area contributed by atoms with Crippen LogP contribution in [0.25, 0.3) is 0 Å². The Morgan fingerprint density at radius 2 is 2.00 bits per heavy atom. The van der Waals surface area contributed by atoms with E-state index in [0.717, 1.165) is 34.9 Å². The molecule has 106 valence electrons. The molecule has 0 aromatic carbocycles. The lowest BCUT2D eigenvalue weighted by molar-refractivity contribution is 0.198.